The molecule has 3 rings (SSSR count). The van der Waals surface area contributed by atoms with Crippen molar-refractivity contribution in [3.8, 4) is 0 Å². The van der Waals surface area contributed by atoms with Crippen LogP contribution in [0.1, 0.15) is 24.4 Å². The molecule has 0 unspecified atom stereocenters. The summed E-state index contributed by atoms with van der Waals surface area (Å²) in [5.74, 6) is 0.194. The number of aromatic nitrogens is 1. The average molecular weight is 380 g/mol. The van der Waals surface area contributed by atoms with Crippen LogP contribution < -0.4 is 4.90 Å². The SMILES string of the molecule is CCN(CC)CCN(C(=O)c1ccco1)c1nc2ccccc2s1.Cl. The van der Waals surface area contributed by atoms with Gasteiger partial charge in [-0.15, -0.1) is 12.4 Å². The van der Waals surface area contributed by atoms with Gasteiger partial charge in [0.25, 0.3) is 5.91 Å². The third-order valence-corrected chi connectivity index (χ3v) is 5.08. The molecule has 1 aromatic carbocycles. The summed E-state index contributed by atoms with van der Waals surface area (Å²) < 4.78 is 6.38. The van der Waals surface area contributed by atoms with E-state index in [0.717, 1.165) is 29.9 Å². The van der Waals surface area contributed by atoms with E-state index in [1.54, 1.807) is 17.0 Å². The second kappa shape index (κ2) is 8.99. The molecular weight excluding hydrogens is 358 g/mol. The summed E-state index contributed by atoms with van der Waals surface area (Å²) in [7, 11) is 0. The number of halogens is 1. The molecule has 134 valence electrons. The number of hydrogen-bond donors (Lipinski definition) is 0. The Balaban J connectivity index is 0.00000225. The molecule has 5 nitrogen and oxygen atoms in total. The fraction of sp³-hybridized carbons (Fsp3) is 0.333. The van der Waals surface area contributed by atoms with Crippen molar-refractivity contribution in [3.05, 3.63) is 48.4 Å². The van der Waals surface area contributed by atoms with Gasteiger partial charge >= 0.3 is 0 Å². The Bertz CT molecular complexity index is 767. The van der Waals surface area contributed by atoms with Crippen LogP contribution in [0.15, 0.2) is 47.1 Å². The summed E-state index contributed by atoms with van der Waals surface area (Å²) in [4.78, 5) is 21.5. The van der Waals surface area contributed by atoms with Crippen molar-refractivity contribution in [3.63, 3.8) is 0 Å². The zero-order valence-electron chi connectivity index (χ0n) is 14.3. The Morgan fingerprint density at radius 2 is 1.88 bits per heavy atom. The number of carbonyl (C=O) groups excluding carboxylic acids is 1. The van der Waals surface area contributed by atoms with Crippen molar-refractivity contribution >= 4 is 45.0 Å². The normalized spacial score (nSPS) is 10.8. The van der Waals surface area contributed by atoms with E-state index >= 15 is 0 Å². The maximum Gasteiger partial charge on any atom is 0.295 e. The fourth-order valence-electron chi connectivity index (χ4n) is 2.57. The molecule has 0 spiro atoms. The van der Waals surface area contributed by atoms with Crippen molar-refractivity contribution in [2.75, 3.05) is 31.1 Å². The van der Waals surface area contributed by atoms with Gasteiger partial charge in [0, 0.05) is 13.1 Å². The summed E-state index contributed by atoms with van der Waals surface area (Å²) in [6, 6.07) is 11.4. The van der Waals surface area contributed by atoms with Crippen LogP contribution in [0.25, 0.3) is 10.2 Å². The molecule has 7 heteroatoms. The van der Waals surface area contributed by atoms with Crippen molar-refractivity contribution in [1.82, 2.24) is 9.88 Å². The van der Waals surface area contributed by atoms with E-state index < -0.39 is 0 Å². The molecule has 0 saturated heterocycles. The van der Waals surface area contributed by atoms with Gasteiger partial charge in [0.15, 0.2) is 10.9 Å². The molecule has 0 radical (unpaired) electrons. The molecule has 25 heavy (non-hydrogen) atoms. The molecule has 0 saturated carbocycles. The molecule has 3 aromatic rings. The van der Waals surface area contributed by atoms with Gasteiger partial charge in [0.05, 0.1) is 16.5 Å². The number of thiazole rings is 1. The molecule has 2 aromatic heterocycles. The van der Waals surface area contributed by atoms with Crippen LogP contribution in [0.4, 0.5) is 5.13 Å². The maximum absolute atomic E-state index is 12.9. The zero-order valence-corrected chi connectivity index (χ0v) is 16.0. The Labute approximate surface area is 157 Å². The number of likely N-dealkylation sites (N-methyl/N-ethyl adjacent to an activating group) is 1. The van der Waals surface area contributed by atoms with Crippen molar-refractivity contribution in [2.45, 2.75) is 13.8 Å². The number of furan rings is 1. The number of para-hydroxylation sites is 1. The van der Waals surface area contributed by atoms with Gasteiger partial charge in [-0.25, -0.2) is 4.98 Å². The first-order valence-corrected chi connectivity index (χ1v) is 8.97. The van der Waals surface area contributed by atoms with E-state index in [4.69, 9.17) is 4.42 Å². The lowest BCUT2D eigenvalue weighted by Gasteiger charge is -2.24. The van der Waals surface area contributed by atoms with Gasteiger partial charge in [0.1, 0.15) is 0 Å². The molecule has 0 aliphatic heterocycles. The molecule has 2 heterocycles. The Hall–Kier alpha value is -1.89. The number of amides is 1. The summed E-state index contributed by atoms with van der Waals surface area (Å²) in [6.07, 6.45) is 1.52. The number of hydrogen-bond acceptors (Lipinski definition) is 5. The molecule has 0 fully saturated rings. The van der Waals surface area contributed by atoms with Gasteiger partial charge < -0.3 is 9.32 Å². The van der Waals surface area contributed by atoms with Gasteiger partial charge in [-0.3, -0.25) is 9.69 Å². The topological polar surface area (TPSA) is 49.6 Å². The summed E-state index contributed by atoms with van der Waals surface area (Å²) in [5.41, 5.74) is 0.914. The second-order valence-electron chi connectivity index (χ2n) is 5.43. The highest BCUT2D eigenvalue weighted by molar-refractivity contribution is 7.22. The van der Waals surface area contributed by atoms with Crippen LogP contribution in [0.3, 0.4) is 0 Å². The van der Waals surface area contributed by atoms with Crippen LogP contribution in [0.5, 0.6) is 0 Å². The number of anilines is 1. The number of carbonyl (C=O) groups is 1. The monoisotopic (exact) mass is 379 g/mol. The number of benzene rings is 1. The highest BCUT2D eigenvalue weighted by Gasteiger charge is 2.23. The van der Waals surface area contributed by atoms with Gasteiger partial charge in [0.2, 0.25) is 0 Å². The van der Waals surface area contributed by atoms with Gasteiger partial charge in [-0.2, -0.15) is 0 Å². The minimum Gasteiger partial charge on any atom is -0.459 e. The first-order valence-electron chi connectivity index (χ1n) is 8.16. The molecule has 0 aliphatic carbocycles. The molecule has 0 N–H and O–H groups in total. The van der Waals surface area contributed by atoms with Gasteiger partial charge in [-0.1, -0.05) is 37.3 Å². The standard InChI is InChI=1S/C18H21N3O2S.ClH/c1-3-20(4-2)11-12-21(17(22)15-9-7-13-23-15)18-19-14-8-5-6-10-16(14)24-18;/h5-10,13H,3-4,11-12H2,1-2H3;1H. The lowest BCUT2D eigenvalue weighted by atomic mass is 10.3. The molecular formula is C18H22ClN3O2S. The van der Waals surface area contributed by atoms with Crippen LogP contribution in [0.2, 0.25) is 0 Å². The first kappa shape index (κ1) is 19.4. The van der Waals surface area contributed by atoms with Crippen molar-refractivity contribution in [2.24, 2.45) is 0 Å². The largest absolute Gasteiger partial charge is 0.459 e. The summed E-state index contributed by atoms with van der Waals surface area (Å²) >= 11 is 1.53. The minimum atomic E-state index is -0.147. The second-order valence-corrected chi connectivity index (χ2v) is 6.43. The van der Waals surface area contributed by atoms with E-state index in [9.17, 15) is 4.79 Å². The van der Waals surface area contributed by atoms with Crippen molar-refractivity contribution < 1.29 is 9.21 Å². The Morgan fingerprint density at radius 1 is 1.12 bits per heavy atom. The van der Waals surface area contributed by atoms with Crippen LogP contribution in [-0.4, -0.2) is 42.0 Å². The Kier molecular flexibility index (Phi) is 6.99. The summed E-state index contributed by atoms with van der Waals surface area (Å²) in [6.45, 7) is 7.55. The van der Waals surface area contributed by atoms with Gasteiger partial charge in [-0.05, 0) is 37.4 Å². The maximum atomic E-state index is 12.9. The van der Waals surface area contributed by atoms with Crippen LogP contribution in [0, 0.1) is 0 Å². The predicted octanol–water partition coefficient (Wildman–Crippen LogP) is 4.30. The van der Waals surface area contributed by atoms with E-state index in [1.807, 2.05) is 24.3 Å². The summed E-state index contributed by atoms with van der Waals surface area (Å²) in [5, 5.41) is 0.713. The van der Waals surface area contributed by atoms with Crippen LogP contribution in [-0.2, 0) is 0 Å². The highest BCUT2D eigenvalue weighted by Crippen LogP contribution is 2.29. The lowest BCUT2D eigenvalue weighted by Crippen LogP contribution is -2.38. The van der Waals surface area contributed by atoms with E-state index in [-0.39, 0.29) is 18.3 Å². The smallest absolute Gasteiger partial charge is 0.295 e. The molecule has 0 bridgehead atoms. The Morgan fingerprint density at radius 3 is 2.52 bits per heavy atom. The van der Waals surface area contributed by atoms with E-state index in [2.05, 4.69) is 23.7 Å². The number of nitrogens with zero attached hydrogens (tertiary/aromatic N) is 3. The van der Waals surface area contributed by atoms with Crippen LogP contribution >= 0.6 is 23.7 Å². The first-order chi connectivity index (χ1) is 11.7. The minimum absolute atomic E-state index is 0. The van der Waals surface area contributed by atoms with E-state index in [0.29, 0.717) is 17.4 Å². The highest BCUT2D eigenvalue weighted by atomic mass is 35.5. The predicted molar refractivity (Wildman–Crippen MR) is 105 cm³/mol. The van der Waals surface area contributed by atoms with Crippen molar-refractivity contribution in [1.29, 1.82) is 0 Å². The zero-order chi connectivity index (χ0) is 16.9. The third kappa shape index (κ3) is 4.39. The lowest BCUT2D eigenvalue weighted by molar-refractivity contribution is 0.0957. The quantitative estimate of drug-likeness (QED) is 0.614. The number of rotatable bonds is 7. The van der Waals surface area contributed by atoms with E-state index in [1.165, 1.54) is 17.6 Å². The molecule has 0 aliphatic rings. The third-order valence-electron chi connectivity index (χ3n) is 4.02. The molecule has 0 atom stereocenters. The average Bonchev–Trinajstić information content (AvgIpc) is 3.27. The number of fused-ring (bicyclic) bond motifs is 1. The fourth-order valence-corrected chi connectivity index (χ4v) is 3.56. The molecule has 1 amide bonds.